The Hall–Kier alpha value is -2.92. The number of anilines is 2. The Kier molecular flexibility index (Phi) is 10.2. The Balaban J connectivity index is 1.16. The summed E-state index contributed by atoms with van der Waals surface area (Å²) in [6.07, 6.45) is 1.55. The molecule has 0 atom stereocenters. The first kappa shape index (κ1) is 30.5. The topological polar surface area (TPSA) is 75.6 Å². The van der Waals surface area contributed by atoms with Gasteiger partial charge < -0.3 is 10.1 Å². The highest BCUT2D eigenvalue weighted by Gasteiger charge is 2.11. The van der Waals surface area contributed by atoms with Gasteiger partial charge >= 0.3 is 0 Å². The van der Waals surface area contributed by atoms with Gasteiger partial charge in [-0.1, -0.05) is 53.0 Å². The van der Waals surface area contributed by atoms with Crippen LogP contribution in [0.5, 0.6) is 5.75 Å². The number of thiazole rings is 1. The van der Waals surface area contributed by atoms with Gasteiger partial charge in [0.2, 0.25) is 0 Å². The molecule has 0 saturated carbocycles. The lowest BCUT2D eigenvalue weighted by Crippen LogP contribution is -2.17. The number of hydrogen-bond donors (Lipinski definition) is 2. The average Bonchev–Trinajstić information content (AvgIpc) is 3.44. The molecule has 1 amide bonds. The van der Waals surface area contributed by atoms with Gasteiger partial charge in [-0.3, -0.25) is 4.79 Å². The number of nitrogens with zero attached hydrogens (tertiary/aromatic N) is 2. The van der Waals surface area contributed by atoms with Crippen LogP contribution in [-0.2, 0) is 6.61 Å². The summed E-state index contributed by atoms with van der Waals surface area (Å²) >= 11 is 26.6. The van der Waals surface area contributed by atoms with E-state index in [9.17, 15) is 4.79 Å². The lowest BCUT2D eigenvalue weighted by atomic mass is 10.1. The SMILES string of the molecule is O=C(N/N=C\c1cc(Br)c(OCc2ccc(Cl)c(Cl)c2)c(Br)c1)c1ccc(-c2csc(Nc3ccc(Cl)cc3)n2)cc1. The smallest absolute Gasteiger partial charge is 0.271 e. The number of aromatic nitrogens is 1. The fourth-order valence-corrected chi connectivity index (χ4v) is 6.36. The lowest BCUT2D eigenvalue weighted by Gasteiger charge is -2.12. The molecule has 6 nitrogen and oxygen atoms in total. The second kappa shape index (κ2) is 14.0. The number of nitrogens with one attached hydrogen (secondary N) is 2. The van der Waals surface area contributed by atoms with E-state index in [1.165, 1.54) is 11.3 Å². The number of rotatable bonds is 9. The monoisotopic (exact) mass is 762 g/mol. The summed E-state index contributed by atoms with van der Waals surface area (Å²) in [7, 11) is 0. The normalized spacial score (nSPS) is 11.1. The second-order valence-electron chi connectivity index (χ2n) is 8.80. The number of hydrazone groups is 1. The van der Waals surface area contributed by atoms with Crippen LogP contribution < -0.4 is 15.5 Å². The molecule has 4 aromatic carbocycles. The fourth-order valence-electron chi connectivity index (χ4n) is 3.72. The van der Waals surface area contributed by atoms with Gasteiger partial charge in [-0.15, -0.1) is 11.3 Å². The molecule has 1 heterocycles. The zero-order valence-corrected chi connectivity index (χ0v) is 27.6. The largest absolute Gasteiger partial charge is 0.487 e. The number of carbonyl (C=O) groups is 1. The fraction of sp³-hybridized carbons (Fsp3) is 0.0333. The summed E-state index contributed by atoms with van der Waals surface area (Å²) < 4.78 is 7.39. The third kappa shape index (κ3) is 7.92. The molecule has 0 unspecified atom stereocenters. The molecule has 0 bridgehead atoms. The zero-order chi connectivity index (χ0) is 29.6. The van der Waals surface area contributed by atoms with Gasteiger partial charge in [0, 0.05) is 27.2 Å². The molecule has 2 N–H and O–H groups in total. The van der Waals surface area contributed by atoms with E-state index in [2.05, 4.69) is 52.7 Å². The predicted octanol–water partition coefficient (Wildman–Crippen LogP) is 10.4. The third-order valence-electron chi connectivity index (χ3n) is 5.81. The Morgan fingerprint density at radius 1 is 0.929 bits per heavy atom. The van der Waals surface area contributed by atoms with Crippen molar-refractivity contribution in [3.05, 3.63) is 125 Å². The van der Waals surface area contributed by atoms with E-state index in [4.69, 9.17) is 39.5 Å². The van der Waals surface area contributed by atoms with Gasteiger partial charge in [0.05, 0.1) is 30.9 Å². The average molecular weight is 766 g/mol. The molecular formula is C30H19Br2Cl3N4O2S. The first-order valence-corrected chi connectivity index (χ1v) is 15.8. The molecule has 0 radical (unpaired) electrons. The van der Waals surface area contributed by atoms with E-state index in [0.717, 1.165) is 33.2 Å². The summed E-state index contributed by atoms with van der Waals surface area (Å²) in [4.78, 5) is 17.3. The third-order valence-corrected chi connectivity index (χ3v) is 8.74. The summed E-state index contributed by atoms with van der Waals surface area (Å²) in [6, 6.07) is 23.6. The molecule has 0 aliphatic rings. The molecular weight excluding hydrogens is 747 g/mol. The minimum Gasteiger partial charge on any atom is -0.487 e. The summed E-state index contributed by atoms with van der Waals surface area (Å²) in [5.74, 6) is 0.288. The van der Waals surface area contributed by atoms with E-state index in [-0.39, 0.29) is 5.91 Å². The Morgan fingerprint density at radius 3 is 2.33 bits per heavy atom. The van der Waals surface area contributed by atoms with Crippen LogP contribution in [-0.4, -0.2) is 17.1 Å². The molecule has 5 rings (SSSR count). The van der Waals surface area contributed by atoms with Gasteiger partial charge in [-0.25, -0.2) is 10.4 Å². The highest BCUT2D eigenvalue weighted by Crippen LogP contribution is 2.35. The van der Waals surface area contributed by atoms with Crippen molar-refractivity contribution in [2.45, 2.75) is 6.61 Å². The Labute approximate surface area is 277 Å². The molecule has 0 aliphatic heterocycles. The van der Waals surface area contributed by atoms with E-state index < -0.39 is 0 Å². The number of carbonyl (C=O) groups excluding carboxylic acids is 1. The molecule has 0 spiro atoms. The van der Waals surface area contributed by atoms with Crippen LogP contribution in [0.25, 0.3) is 11.3 Å². The van der Waals surface area contributed by atoms with E-state index >= 15 is 0 Å². The second-order valence-corrected chi connectivity index (χ2v) is 12.6. The van der Waals surface area contributed by atoms with Crippen LogP contribution >= 0.6 is 78.0 Å². The van der Waals surface area contributed by atoms with Gasteiger partial charge in [0.25, 0.3) is 5.91 Å². The van der Waals surface area contributed by atoms with Gasteiger partial charge in [-0.2, -0.15) is 5.10 Å². The summed E-state index contributed by atoms with van der Waals surface area (Å²) in [5.41, 5.74) is 7.27. The number of benzene rings is 4. The summed E-state index contributed by atoms with van der Waals surface area (Å²) in [5, 5.41) is 11.7. The number of ether oxygens (including phenoxy) is 1. The van der Waals surface area contributed by atoms with Crippen LogP contribution in [0.15, 0.2) is 98.3 Å². The highest BCUT2D eigenvalue weighted by molar-refractivity contribution is 9.11. The standard InChI is InChI=1S/C30H19Br2Cl3N4O2S/c31-23-11-18(12-24(32)28(23)41-15-17-1-10-25(34)26(35)13-17)14-36-39-29(40)20-4-2-19(3-5-20)27-16-42-30(38-27)37-22-8-6-21(33)7-9-22/h1-14,16H,15H2,(H,37,38)(H,39,40)/b36-14-. The summed E-state index contributed by atoms with van der Waals surface area (Å²) in [6.45, 7) is 0.306. The van der Waals surface area contributed by atoms with Crippen LogP contribution in [0.3, 0.4) is 0 Å². The maximum atomic E-state index is 12.7. The molecule has 1 aromatic heterocycles. The van der Waals surface area contributed by atoms with Crippen molar-refractivity contribution in [1.82, 2.24) is 10.4 Å². The first-order valence-electron chi connectivity index (χ1n) is 12.2. The van der Waals surface area contributed by atoms with E-state index in [1.807, 2.05) is 60.0 Å². The van der Waals surface area contributed by atoms with Crippen molar-refractivity contribution in [3.8, 4) is 17.0 Å². The number of halogens is 5. The number of hydrogen-bond acceptors (Lipinski definition) is 6. The van der Waals surface area contributed by atoms with Gasteiger partial charge in [0.15, 0.2) is 5.13 Å². The molecule has 42 heavy (non-hydrogen) atoms. The van der Waals surface area contributed by atoms with Crippen molar-refractivity contribution in [2.75, 3.05) is 5.32 Å². The van der Waals surface area contributed by atoms with Crippen molar-refractivity contribution in [3.63, 3.8) is 0 Å². The molecule has 0 saturated heterocycles. The van der Waals surface area contributed by atoms with Gasteiger partial charge in [0.1, 0.15) is 12.4 Å². The minimum atomic E-state index is -0.333. The first-order chi connectivity index (χ1) is 20.2. The van der Waals surface area contributed by atoms with Crippen molar-refractivity contribution < 1.29 is 9.53 Å². The van der Waals surface area contributed by atoms with Crippen LogP contribution in [0.1, 0.15) is 21.5 Å². The highest BCUT2D eigenvalue weighted by atomic mass is 79.9. The van der Waals surface area contributed by atoms with E-state index in [0.29, 0.717) is 41.9 Å². The molecule has 0 aliphatic carbocycles. The van der Waals surface area contributed by atoms with Crippen molar-refractivity contribution in [1.29, 1.82) is 0 Å². The van der Waals surface area contributed by atoms with Gasteiger partial charge in [-0.05, 0) is 104 Å². The van der Waals surface area contributed by atoms with Crippen LogP contribution in [0, 0.1) is 0 Å². The minimum absolute atomic E-state index is 0.306. The van der Waals surface area contributed by atoms with Crippen molar-refractivity contribution >= 4 is 101 Å². The predicted molar refractivity (Wildman–Crippen MR) is 180 cm³/mol. The Bertz CT molecular complexity index is 1740. The maximum absolute atomic E-state index is 12.7. The maximum Gasteiger partial charge on any atom is 0.271 e. The molecule has 0 fully saturated rings. The van der Waals surface area contributed by atoms with Crippen LogP contribution in [0.4, 0.5) is 10.8 Å². The van der Waals surface area contributed by atoms with Crippen LogP contribution in [0.2, 0.25) is 15.1 Å². The number of amides is 1. The molecule has 5 aromatic rings. The quantitative estimate of drug-likeness (QED) is 0.116. The zero-order valence-electron chi connectivity index (χ0n) is 21.4. The molecule has 212 valence electrons. The van der Waals surface area contributed by atoms with Crippen molar-refractivity contribution in [2.24, 2.45) is 5.10 Å². The van der Waals surface area contributed by atoms with E-state index in [1.54, 1.807) is 30.5 Å². The Morgan fingerprint density at radius 2 is 1.64 bits per heavy atom. The molecule has 12 heteroatoms. The lowest BCUT2D eigenvalue weighted by molar-refractivity contribution is 0.0955.